The van der Waals surface area contributed by atoms with Crippen LogP contribution >= 0.6 is 11.6 Å². The van der Waals surface area contributed by atoms with E-state index >= 15 is 8.78 Å². The number of carbonyl (C=O) groups is 2. The van der Waals surface area contributed by atoms with E-state index in [2.05, 4.69) is 32.1 Å². The van der Waals surface area contributed by atoms with E-state index in [1.165, 1.54) is 34.8 Å². The molecule has 0 spiro atoms. The molecule has 3 aliphatic rings. The first-order valence-corrected chi connectivity index (χ1v) is 22.6. The van der Waals surface area contributed by atoms with Gasteiger partial charge in [0.2, 0.25) is 15.9 Å². The number of amides is 2. The van der Waals surface area contributed by atoms with Gasteiger partial charge in [-0.2, -0.15) is 32.1 Å². The van der Waals surface area contributed by atoms with Crippen LogP contribution in [0.2, 0.25) is 5.02 Å². The highest BCUT2D eigenvalue weighted by Gasteiger charge is 2.68. The molecule has 66 heavy (non-hydrogen) atoms. The van der Waals surface area contributed by atoms with Crippen LogP contribution < -0.4 is 10.0 Å². The second-order valence-corrected chi connectivity index (χ2v) is 19.4. The maximum atomic E-state index is 15.5. The SMILES string of the molecule is Cn1nc(NS(C)(=O)=O)c2c(Cl)ccc(-c3ccc(C#CC4CN(C(=O)OC(C)(C)C)CCO4)nc3[C@H](Cc3cc(F)cc(F)c3)NC(=O)Cn3nc(C(F)(F)F)c4c3C(F)(F)[C@@H]3C[C@H]43)c21. The van der Waals surface area contributed by atoms with Crippen LogP contribution in [0, 0.1) is 29.4 Å². The van der Waals surface area contributed by atoms with Gasteiger partial charge >= 0.3 is 12.3 Å². The van der Waals surface area contributed by atoms with Gasteiger partial charge in [-0.25, -0.2) is 27.0 Å². The summed E-state index contributed by atoms with van der Waals surface area (Å²) in [6, 6.07) is 7.16. The molecule has 23 heteroatoms. The lowest BCUT2D eigenvalue weighted by atomic mass is 9.93. The highest BCUT2D eigenvalue weighted by Crippen LogP contribution is 2.68. The van der Waals surface area contributed by atoms with E-state index in [0.29, 0.717) is 16.3 Å². The van der Waals surface area contributed by atoms with Crippen molar-refractivity contribution in [2.45, 2.75) is 75.9 Å². The summed E-state index contributed by atoms with van der Waals surface area (Å²) in [5.74, 6) is -3.54. The molecule has 1 saturated heterocycles. The van der Waals surface area contributed by atoms with Gasteiger partial charge < -0.3 is 19.7 Å². The van der Waals surface area contributed by atoms with Crippen LogP contribution in [0.1, 0.15) is 73.1 Å². The van der Waals surface area contributed by atoms with Gasteiger partial charge in [0.25, 0.3) is 5.92 Å². The first-order valence-electron chi connectivity index (χ1n) is 20.3. The van der Waals surface area contributed by atoms with E-state index in [1.54, 1.807) is 26.8 Å². The number of halogens is 8. The third-order valence-electron chi connectivity index (χ3n) is 11.0. The number of benzene rings is 2. The van der Waals surface area contributed by atoms with Crippen molar-refractivity contribution in [1.82, 2.24) is 34.8 Å². The standard InChI is InChI=1S/C43H40ClF7N8O6S/c1-41(2,3)65-40(61)58-12-13-64-25(19-58)8-6-24-7-9-26(27-10-11-30(44)34-36(27)57(4)55-39(34)56-66(5,62)63)35(52-24)31(16-21-14-22(45)17-23(46)15-21)53-32(60)20-59-38-33(37(54-59)43(49,50)51)28-18-29(28)42(38,47)48/h7,9-11,14-15,17,25,28-29,31H,12-13,16,18-20H2,1-5H3,(H,53,60)(H,55,56)/t25?,28-,29+,31-/m0/s1. The Morgan fingerprint density at radius 3 is 2.42 bits per heavy atom. The molecule has 0 bridgehead atoms. The zero-order chi connectivity index (χ0) is 47.8. The monoisotopic (exact) mass is 964 g/mol. The summed E-state index contributed by atoms with van der Waals surface area (Å²) in [6.07, 6.45) is -6.20. The molecule has 2 amide bonds. The number of carbonyl (C=O) groups excluding carboxylic acids is 2. The molecule has 5 aromatic rings. The molecule has 8 rings (SSSR count). The fourth-order valence-electron chi connectivity index (χ4n) is 8.41. The van der Waals surface area contributed by atoms with Gasteiger partial charge in [-0.3, -0.25) is 18.9 Å². The summed E-state index contributed by atoms with van der Waals surface area (Å²) < 4.78 is 143. The number of nitrogens with one attached hydrogen (secondary N) is 2. The molecule has 1 aliphatic heterocycles. The van der Waals surface area contributed by atoms with E-state index in [-0.39, 0.29) is 70.4 Å². The van der Waals surface area contributed by atoms with Crippen LogP contribution in [0.25, 0.3) is 22.0 Å². The lowest BCUT2D eigenvalue weighted by Gasteiger charge is -2.32. The van der Waals surface area contributed by atoms with Crippen molar-refractivity contribution in [2.75, 3.05) is 30.7 Å². The van der Waals surface area contributed by atoms with Crippen molar-refractivity contribution >= 4 is 50.3 Å². The van der Waals surface area contributed by atoms with Crippen molar-refractivity contribution in [2.24, 2.45) is 13.0 Å². The number of hydrogen-bond acceptors (Lipinski definition) is 9. The summed E-state index contributed by atoms with van der Waals surface area (Å²) in [7, 11) is -2.39. The molecule has 2 N–H and O–H groups in total. The Kier molecular flexibility index (Phi) is 11.8. The molecule has 2 aromatic carbocycles. The van der Waals surface area contributed by atoms with E-state index in [0.717, 1.165) is 18.4 Å². The summed E-state index contributed by atoms with van der Waals surface area (Å²) in [5.41, 5.74) is -3.23. The van der Waals surface area contributed by atoms with Crippen LogP contribution in [0.15, 0.2) is 42.5 Å². The molecule has 0 radical (unpaired) electrons. The minimum Gasteiger partial charge on any atom is -0.444 e. The van der Waals surface area contributed by atoms with E-state index in [9.17, 15) is 40.0 Å². The van der Waals surface area contributed by atoms with Gasteiger partial charge in [0.15, 0.2) is 11.5 Å². The first-order chi connectivity index (χ1) is 30.8. The number of morpholine rings is 1. The van der Waals surface area contributed by atoms with Gasteiger partial charge in [-0.1, -0.05) is 23.6 Å². The average Bonchev–Trinajstić information content (AvgIpc) is 3.74. The Labute approximate surface area is 377 Å². The quantitative estimate of drug-likeness (QED) is 0.113. The highest BCUT2D eigenvalue weighted by molar-refractivity contribution is 7.92. The second kappa shape index (κ2) is 16.7. The molecule has 1 unspecified atom stereocenters. The van der Waals surface area contributed by atoms with Crippen LogP contribution in [0.4, 0.5) is 41.3 Å². The molecule has 4 atom stereocenters. The Morgan fingerprint density at radius 1 is 1.06 bits per heavy atom. The topological polar surface area (TPSA) is 163 Å². The molecular formula is C43H40ClF7N8O6S. The number of nitrogens with zero attached hydrogens (tertiary/aromatic N) is 6. The minimum atomic E-state index is -5.10. The van der Waals surface area contributed by atoms with Crippen molar-refractivity contribution in [3.63, 3.8) is 0 Å². The van der Waals surface area contributed by atoms with Crippen LogP contribution in [-0.2, 0) is 56.4 Å². The van der Waals surface area contributed by atoms with Gasteiger partial charge in [0.05, 0.1) is 47.1 Å². The number of anilines is 1. The molecule has 2 aliphatic carbocycles. The van der Waals surface area contributed by atoms with Crippen molar-refractivity contribution < 1.29 is 58.2 Å². The molecule has 350 valence electrons. The predicted octanol–water partition coefficient (Wildman–Crippen LogP) is 7.45. The van der Waals surface area contributed by atoms with Crippen molar-refractivity contribution in [3.05, 3.63) is 93.0 Å². The Morgan fingerprint density at radius 2 is 1.76 bits per heavy atom. The van der Waals surface area contributed by atoms with E-state index in [1.807, 2.05) is 0 Å². The van der Waals surface area contributed by atoms with Gasteiger partial charge in [-0.15, -0.1) is 0 Å². The largest absolute Gasteiger partial charge is 0.444 e. The van der Waals surface area contributed by atoms with Crippen LogP contribution in [0.3, 0.4) is 0 Å². The second-order valence-electron chi connectivity index (χ2n) is 17.3. The number of aromatic nitrogens is 5. The van der Waals surface area contributed by atoms with Gasteiger partial charge in [-0.05, 0) is 81.3 Å². The summed E-state index contributed by atoms with van der Waals surface area (Å²) >= 11 is 6.63. The van der Waals surface area contributed by atoms with Crippen molar-refractivity contribution in [3.8, 4) is 23.0 Å². The normalized spacial score (nSPS) is 19.4. The van der Waals surface area contributed by atoms with E-state index in [4.69, 9.17) is 26.1 Å². The average molecular weight is 965 g/mol. The number of alkyl halides is 5. The lowest BCUT2D eigenvalue weighted by Crippen LogP contribution is -2.47. The number of rotatable bonds is 9. The third-order valence-corrected chi connectivity index (χ3v) is 11.9. The Hall–Kier alpha value is -5.92. The summed E-state index contributed by atoms with van der Waals surface area (Å²) in [4.78, 5) is 33.2. The number of sulfonamides is 1. The fourth-order valence-corrected chi connectivity index (χ4v) is 9.15. The highest BCUT2D eigenvalue weighted by atomic mass is 35.5. The number of hydrogen-bond donors (Lipinski definition) is 2. The zero-order valence-corrected chi connectivity index (χ0v) is 37.2. The van der Waals surface area contributed by atoms with Crippen molar-refractivity contribution in [1.29, 1.82) is 0 Å². The first kappa shape index (κ1) is 46.6. The predicted molar refractivity (Wildman–Crippen MR) is 225 cm³/mol. The molecule has 1 saturated carbocycles. The molecule has 14 nitrogen and oxygen atoms in total. The smallest absolute Gasteiger partial charge is 0.435 e. The lowest BCUT2D eigenvalue weighted by molar-refractivity contribution is -0.142. The maximum Gasteiger partial charge on any atom is 0.435 e. The summed E-state index contributed by atoms with van der Waals surface area (Å²) in [6.45, 7) is 4.43. The number of pyridine rings is 1. The summed E-state index contributed by atoms with van der Waals surface area (Å²) in [5, 5.41) is 10.7. The van der Waals surface area contributed by atoms with Crippen LogP contribution in [0.5, 0.6) is 0 Å². The number of aryl methyl sites for hydroxylation is 1. The molecule has 2 fully saturated rings. The minimum absolute atomic E-state index is 0.0211. The Bertz CT molecular complexity index is 2960. The van der Waals surface area contributed by atoms with Gasteiger partial charge in [0, 0.05) is 42.3 Å². The van der Waals surface area contributed by atoms with Crippen LogP contribution in [-0.4, -0.2) is 87.5 Å². The molecule has 3 aromatic heterocycles. The Balaban J connectivity index is 1.25. The van der Waals surface area contributed by atoms with E-state index < -0.39 is 105 Å². The third kappa shape index (κ3) is 9.51. The maximum absolute atomic E-state index is 15.5. The molecular weight excluding hydrogens is 925 g/mol. The number of ether oxygens (including phenoxy) is 2. The fraction of sp³-hybridized carbons (Fsp3) is 0.419. The number of fused-ring (bicyclic) bond motifs is 4. The van der Waals surface area contributed by atoms with Gasteiger partial charge in [0.1, 0.15) is 41.3 Å². The molecule has 4 heterocycles. The zero-order valence-electron chi connectivity index (χ0n) is 35.7.